The minimum Gasteiger partial charge on any atom is -0.345 e. The summed E-state index contributed by atoms with van der Waals surface area (Å²) in [4.78, 5) is 32.3. The standard InChI is InChI=1S/C23H18ClN5O2/c1-27-22(25-14-26-27)15-8-9-18(19(24)11-15)21(30)23(31)29-13-17-6-4-10-28(17)12-16-5-2-3-7-20(16)29/h2-11,14H,12-13H2,1H3. The summed E-state index contributed by atoms with van der Waals surface area (Å²) in [6.45, 7) is 0.951. The van der Waals surface area contributed by atoms with Crippen LogP contribution in [0.15, 0.2) is 67.1 Å². The van der Waals surface area contributed by atoms with Gasteiger partial charge in [-0.05, 0) is 35.9 Å². The summed E-state index contributed by atoms with van der Waals surface area (Å²) in [6.07, 6.45) is 3.42. The van der Waals surface area contributed by atoms with Crippen LogP contribution in [0.1, 0.15) is 21.6 Å². The number of benzene rings is 2. The summed E-state index contributed by atoms with van der Waals surface area (Å²) in [5.41, 5.74) is 3.54. The Morgan fingerprint density at radius 3 is 2.65 bits per heavy atom. The highest BCUT2D eigenvalue weighted by molar-refractivity contribution is 6.50. The molecule has 4 aromatic rings. The second-order valence-corrected chi connectivity index (χ2v) is 7.79. The highest BCUT2D eigenvalue weighted by Gasteiger charge is 2.30. The number of ketones is 1. The summed E-state index contributed by atoms with van der Waals surface area (Å²) in [7, 11) is 1.77. The molecule has 0 spiro atoms. The lowest BCUT2D eigenvalue weighted by atomic mass is 10.1. The predicted octanol–water partition coefficient (Wildman–Crippen LogP) is 3.71. The maximum absolute atomic E-state index is 13.3. The van der Waals surface area contributed by atoms with Gasteiger partial charge in [0.15, 0.2) is 5.82 Å². The van der Waals surface area contributed by atoms with E-state index in [-0.39, 0.29) is 10.6 Å². The lowest BCUT2D eigenvalue weighted by molar-refractivity contribution is -0.114. The van der Waals surface area contributed by atoms with Crippen molar-refractivity contribution in [3.63, 3.8) is 0 Å². The summed E-state index contributed by atoms with van der Waals surface area (Å²) in [5, 5.41) is 4.25. The smallest absolute Gasteiger partial charge is 0.299 e. The number of aromatic nitrogens is 4. The van der Waals surface area contributed by atoms with Crippen molar-refractivity contribution in [3.05, 3.63) is 89.0 Å². The van der Waals surface area contributed by atoms with E-state index in [1.807, 2.05) is 42.6 Å². The number of para-hydroxylation sites is 1. The van der Waals surface area contributed by atoms with Crippen molar-refractivity contribution < 1.29 is 9.59 Å². The van der Waals surface area contributed by atoms with Gasteiger partial charge >= 0.3 is 0 Å². The molecule has 0 unspecified atom stereocenters. The molecule has 1 amide bonds. The Morgan fingerprint density at radius 1 is 1.03 bits per heavy atom. The fourth-order valence-corrected chi connectivity index (χ4v) is 4.17. The maximum atomic E-state index is 13.3. The minimum absolute atomic E-state index is 0.162. The van der Waals surface area contributed by atoms with Crippen molar-refractivity contribution in [2.24, 2.45) is 7.05 Å². The van der Waals surface area contributed by atoms with Crippen LogP contribution in [0.3, 0.4) is 0 Å². The third-order valence-electron chi connectivity index (χ3n) is 5.49. The van der Waals surface area contributed by atoms with Gasteiger partial charge in [0.25, 0.3) is 11.7 Å². The van der Waals surface area contributed by atoms with Crippen LogP contribution in [0.2, 0.25) is 5.02 Å². The molecule has 2 aromatic heterocycles. The van der Waals surface area contributed by atoms with E-state index >= 15 is 0 Å². The van der Waals surface area contributed by atoms with Crippen molar-refractivity contribution in [2.75, 3.05) is 4.90 Å². The molecule has 3 heterocycles. The first-order valence-corrected chi connectivity index (χ1v) is 10.1. The maximum Gasteiger partial charge on any atom is 0.299 e. The highest BCUT2D eigenvalue weighted by atomic mass is 35.5. The van der Waals surface area contributed by atoms with Gasteiger partial charge in [0, 0.05) is 42.3 Å². The molecule has 31 heavy (non-hydrogen) atoms. The summed E-state index contributed by atoms with van der Waals surface area (Å²) in [5.74, 6) is -0.644. The summed E-state index contributed by atoms with van der Waals surface area (Å²) in [6, 6.07) is 16.5. The molecule has 154 valence electrons. The van der Waals surface area contributed by atoms with Crippen LogP contribution in [-0.2, 0) is 24.9 Å². The van der Waals surface area contributed by atoms with Crippen LogP contribution in [0.4, 0.5) is 5.69 Å². The number of fused-ring (bicyclic) bond motifs is 2. The summed E-state index contributed by atoms with van der Waals surface area (Å²) >= 11 is 6.42. The van der Waals surface area contributed by atoms with Crippen molar-refractivity contribution >= 4 is 29.0 Å². The molecule has 0 aliphatic carbocycles. The van der Waals surface area contributed by atoms with Crippen molar-refractivity contribution in [1.82, 2.24) is 19.3 Å². The Bertz CT molecular complexity index is 1320. The van der Waals surface area contributed by atoms with Gasteiger partial charge in [0.1, 0.15) is 6.33 Å². The molecule has 1 aliphatic heterocycles. The number of Topliss-reactive ketones (excluding diaryl/α,β-unsaturated/α-hetero) is 1. The number of carbonyl (C=O) groups is 2. The van der Waals surface area contributed by atoms with Gasteiger partial charge in [-0.2, -0.15) is 5.10 Å². The lowest BCUT2D eigenvalue weighted by Gasteiger charge is -2.22. The lowest BCUT2D eigenvalue weighted by Crippen LogP contribution is -2.36. The fraction of sp³-hybridized carbons (Fsp3) is 0.130. The Hall–Kier alpha value is -3.71. The van der Waals surface area contributed by atoms with E-state index in [0.717, 1.165) is 16.9 Å². The zero-order valence-electron chi connectivity index (χ0n) is 16.7. The van der Waals surface area contributed by atoms with Gasteiger partial charge in [0.05, 0.1) is 11.6 Å². The quantitative estimate of drug-likeness (QED) is 0.366. The molecule has 8 heteroatoms. The number of halogens is 1. The molecule has 5 rings (SSSR count). The van der Waals surface area contributed by atoms with Gasteiger partial charge in [-0.1, -0.05) is 35.9 Å². The third kappa shape index (κ3) is 3.33. The Kier molecular flexibility index (Phi) is 4.67. The van der Waals surface area contributed by atoms with Gasteiger partial charge in [-0.15, -0.1) is 0 Å². The molecule has 0 fully saturated rings. The second kappa shape index (κ2) is 7.52. The van der Waals surface area contributed by atoms with Gasteiger partial charge < -0.3 is 4.57 Å². The SMILES string of the molecule is Cn1ncnc1-c1ccc(C(=O)C(=O)N2Cc3cccn3Cc3ccccc32)c(Cl)c1. The van der Waals surface area contributed by atoms with E-state index in [1.54, 1.807) is 29.9 Å². The van der Waals surface area contributed by atoms with E-state index in [4.69, 9.17) is 11.6 Å². The average molecular weight is 432 g/mol. The Labute approximate surface area is 183 Å². The van der Waals surface area contributed by atoms with Gasteiger partial charge in [-0.25, -0.2) is 9.67 Å². The summed E-state index contributed by atoms with van der Waals surface area (Å²) < 4.78 is 3.70. The highest BCUT2D eigenvalue weighted by Crippen LogP contribution is 2.30. The average Bonchev–Trinajstić information content (AvgIpc) is 3.36. The number of nitrogens with zero attached hydrogens (tertiary/aromatic N) is 5. The molecule has 0 atom stereocenters. The Balaban J connectivity index is 1.50. The van der Waals surface area contributed by atoms with Crippen molar-refractivity contribution in [1.29, 1.82) is 0 Å². The fourth-order valence-electron chi connectivity index (χ4n) is 3.90. The number of amides is 1. The van der Waals surface area contributed by atoms with Crippen molar-refractivity contribution in [3.8, 4) is 11.4 Å². The Morgan fingerprint density at radius 2 is 1.87 bits per heavy atom. The van der Waals surface area contributed by atoms with E-state index in [0.29, 0.717) is 24.5 Å². The molecule has 0 radical (unpaired) electrons. The van der Waals surface area contributed by atoms with Crippen LogP contribution in [0.25, 0.3) is 11.4 Å². The first-order chi connectivity index (χ1) is 15.0. The van der Waals surface area contributed by atoms with Crippen LogP contribution in [0.5, 0.6) is 0 Å². The normalized spacial score (nSPS) is 12.8. The van der Waals surface area contributed by atoms with E-state index < -0.39 is 11.7 Å². The van der Waals surface area contributed by atoms with E-state index in [9.17, 15) is 9.59 Å². The molecule has 0 saturated carbocycles. The molecule has 1 aliphatic rings. The van der Waals surface area contributed by atoms with Gasteiger partial charge in [0.2, 0.25) is 0 Å². The number of aryl methyl sites for hydroxylation is 1. The topological polar surface area (TPSA) is 73.0 Å². The van der Waals surface area contributed by atoms with Crippen LogP contribution in [0, 0.1) is 0 Å². The van der Waals surface area contributed by atoms with Gasteiger partial charge in [-0.3, -0.25) is 14.5 Å². The molecule has 7 nitrogen and oxygen atoms in total. The number of carbonyl (C=O) groups excluding carboxylic acids is 2. The van der Waals surface area contributed by atoms with E-state index in [2.05, 4.69) is 14.6 Å². The number of hydrogen-bond donors (Lipinski definition) is 0. The minimum atomic E-state index is -0.649. The number of rotatable bonds is 3. The zero-order chi connectivity index (χ0) is 21.5. The van der Waals surface area contributed by atoms with Crippen molar-refractivity contribution in [2.45, 2.75) is 13.1 Å². The third-order valence-corrected chi connectivity index (χ3v) is 5.80. The number of anilines is 1. The van der Waals surface area contributed by atoms with Crippen LogP contribution in [-0.4, -0.2) is 31.0 Å². The first-order valence-electron chi connectivity index (χ1n) is 9.75. The molecule has 0 saturated heterocycles. The molecular formula is C23H18ClN5O2. The first kappa shape index (κ1) is 19.3. The molecule has 0 N–H and O–H groups in total. The van der Waals surface area contributed by atoms with Crippen LogP contribution >= 0.6 is 11.6 Å². The van der Waals surface area contributed by atoms with E-state index in [1.165, 1.54) is 11.2 Å². The predicted molar refractivity (Wildman–Crippen MR) is 117 cm³/mol. The molecular weight excluding hydrogens is 414 g/mol. The largest absolute Gasteiger partial charge is 0.345 e. The molecule has 0 bridgehead atoms. The number of hydrogen-bond acceptors (Lipinski definition) is 4. The monoisotopic (exact) mass is 431 g/mol. The van der Waals surface area contributed by atoms with Crippen LogP contribution < -0.4 is 4.90 Å². The molecule has 2 aromatic carbocycles. The zero-order valence-corrected chi connectivity index (χ0v) is 17.5. The second-order valence-electron chi connectivity index (χ2n) is 7.38.